The van der Waals surface area contributed by atoms with Crippen LogP contribution in [0.1, 0.15) is 99.8 Å². The average molecular weight is 767 g/mol. The molecule has 16 nitrogen and oxygen atoms in total. The minimum absolute atomic E-state index is 0.0331. The Hall–Kier alpha value is -3.63. The van der Waals surface area contributed by atoms with Crippen molar-refractivity contribution >= 4 is 41.6 Å². The van der Waals surface area contributed by atoms with Gasteiger partial charge in [-0.15, -0.1) is 0 Å². The van der Waals surface area contributed by atoms with Crippen molar-refractivity contribution < 1.29 is 76.6 Å². The summed E-state index contributed by atoms with van der Waals surface area (Å²) in [7, 11) is 1.12. The van der Waals surface area contributed by atoms with E-state index in [0.717, 1.165) is 34.3 Å². The number of ether oxygens (including phenoxy) is 8. The molecule has 4 saturated carbocycles. The Morgan fingerprint density at radius 1 is 0.815 bits per heavy atom. The molecule has 0 aromatic carbocycles. The van der Waals surface area contributed by atoms with Crippen LogP contribution in [0.4, 0.5) is 0 Å². The number of hydrogen-bond donors (Lipinski definition) is 1. The number of aliphatic hydroxyl groups is 1. The van der Waals surface area contributed by atoms with Gasteiger partial charge in [0.25, 0.3) is 0 Å². The van der Waals surface area contributed by atoms with Crippen molar-refractivity contribution in [3.8, 4) is 0 Å². The fraction of sp³-hybridized carbons (Fsp3) is 0.816. The number of carbonyl (C=O) groups excluding carboxylic acids is 7. The van der Waals surface area contributed by atoms with E-state index in [1.807, 2.05) is 6.92 Å². The lowest BCUT2D eigenvalue weighted by Crippen LogP contribution is -2.65. The Kier molecular flexibility index (Phi) is 12.2. The van der Waals surface area contributed by atoms with Crippen molar-refractivity contribution in [2.24, 2.45) is 34.5 Å². The van der Waals surface area contributed by atoms with Crippen LogP contribution in [-0.2, 0) is 71.5 Å². The van der Waals surface area contributed by atoms with Crippen LogP contribution in [0, 0.1) is 34.5 Å². The van der Waals surface area contributed by atoms with Crippen LogP contribution in [0.15, 0.2) is 0 Å². The van der Waals surface area contributed by atoms with Crippen LogP contribution in [0.5, 0.6) is 0 Å². The maximum absolute atomic E-state index is 14.4. The molecule has 4 aliphatic carbocycles. The summed E-state index contributed by atoms with van der Waals surface area (Å²) < 4.78 is 44.6. The third-order valence-electron chi connectivity index (χ3n) is 13.0. The second-order valence-electron chi connectivity index (χ2n) is 16.2. The normalized spacial score (nSPS) is 40.4. The van der Waals surface area contributed by atoms with Crippen molar-refractivity contribution in [3.63, 3.8) is 0 Å². The molecular formula is C38H54O16. The molecule has 1 saturated heterocycles. The Morgan fingerprint density at radius 2 is 1.44 bits per heavy atom. The first kappa shape index (κ1) is 41.5. The van der Waals surface area contributed by atoms with E-state index in [4.69, 9.17) is 37.9 Å². The van der Waals surface area contributed by atoms with E-state index in [1.165, 1.54) is 13.8 Å². The van der Waals surface area contributed by atoms with Gasteiger partial charge in [-0.1, -0.05) is 13.8 Å². The number of carbonyl (C=O) groups is 7. The average Bonchev–Trinajstić information content (AvgIpc) is 3.34. The summed E-state index contributed by atoms with van der Waals surface area (Å²) in [5, 5.41) is 12.3. The number of ketones is 1. The van der Waals surface area contributed by atoms with E-state index in [2.05, 4.69) is 6.92 Å². The van der Waals surface area contributed by atoms with Gasteiger partial charge >= 0.3 is 35.8 Å². The molecule has 0 aromatic rings. The lowest BCUT2D eigenvalue weighted by molar-refractivity contribution is -0.314. The van der Waals surface area contributed by atoms with E-state index in [-0.39, 0.29) is 48.9 Å². The lowest BCUT2D eigenvalue weighted by atomic mass is 9.44. The van der Waals surface area contributed by atoms with Crippen molar-refractivity contribution in [1.29, 1.82) is 0 Å². The fourth-order valence-corrected chi connectivity index (χ4v) is 10.8. The first-order valence-corrected chi connectivity index (χ1v) is 18.7. The molecule has 16 heteroatoms. The largest absolute Gasteiger partial charge is 0.467 e. The molecular weight excluding hydrogens is 712 g/mol. The Bertz CT molecular complexity index is 1510. The van der Waals surface area contributed by atoms with Gasteiger partial charge in [-0.3, -0.25) is 28.8 Å². The van der Waals surface area contributed by atoms with Gasteiger partial charge in [0.2, 0.25) is 0 Å². The van der Waals surface area contributed by atoms with E-state index in [0.29, 0.717) is 32.1 Å². The van der Waals surface area contributed by atoms with Gasteiger partial charge in [0.05, 0.1) is 13.2 Å². The quantitative estimate of drug-likeness (QED) is 0.192. The van der Waals surface area contributed by atoms with Gasteiger partial charge in [0.15, 0.2) is 36.8 Å². The molecule has 0 amide bonds. The number of methoxy groups -OCH3 is 1. The van der Waals surface area contributed by atoms with Crippen molar-refractivity contribution in [3.05, 3.63) is 0 Å². The molecule has 0 aromatic heterocycles. The second kappa shape index (κ2) is 15.8. The number of hydrogen-bond acceptors (Lipinski definition) is 16. The van der Waals surface area contributed by atoms with Crippen LogP contribution in [0.3, 0.4) is 0 Å². The Morgan fingerprint density at radius 3 is 2.04 bits per heavy atom. The van der Waals surface area contributed by atoms with E-state index >= 15 is 0 Å². The summed E-state index contributed by atoms with van der Waals surface area (Å²) in [6.45, 7) is 9.56. The van der Waals surface area contributed by atoms with Crippen LogP contribution in [0.2, 0.25) is 0 Å². The second-order valence-corrected chi connectivity index (χ2v) is 16.2. The van der Waals surface area contributed by atoms with Gasteiger partial charge in [0.1, 0.15) is 18.0 Å². The standard InChI is InChI=1S/C38H54O16/c1-18(39)48-17-28(49-19(2)40)38(46)14-12-26-25-10-9-23-15-24(11-13-36(23,6)29(25)27(44)16-37(26,38)7)53-35-33(52-22(5)43)31(51-21(4)42)30(50-20(3)41)32(54-35)34(45)47-8/h23-26,28-33,35,46H,9-17H2,1-8H3/t23-,24-,25+,26-,28+,29-,30+,31+,32-,33-,35-,36-,37-,38+/m1/s1. The molecule has 1 heterocycles. The summed E-state index contributed by atoms with van der Waals surface area (Å²) in [6.07, 6.45) is -4.94. The first-order chi connectivity index (χ1) is 25.2. The van der Waals surface area contributed by atoms with E-state index < -0.39 is 95.2 Å². The van der Waals surface area contributed by atoms with Gasteiger partial charge in [0, 0.05) is 52.4 Å². The molecule has 5 aliphatic rings. The Labute approximate surface area is 314 Å². The minimum atomic E-state index is -1.58. The van der Waals surface area contributed by atoms with Gasteiger partial charge in [-0.25, -0.2) is 4.79 Å². The molecule has 0 spiro atoms. The number of esters is 6. The smallest absolute Gasteiger partial charge is 0.339 e. The lowest BCUT2D eigenvalue weighted by Gasteiger charge is -2.61. The summed E-state index contributed by atoms with van der Waals surface area (Å²) in [6, 6.07) is 0. The summed E-state index contributed by atoms with van der Waals surface area (Å²) >= 11 is 0. The third-order valence-corrected chi connectivity index (χ3v) is 13.0. The van der Waals surface area contributed by atoms with Gasteiger partial charge in [-0.05, 0) is 68.1 Å². The van der Waals surface area contributed by atoms with Crippen LogP contribution < -0.4 is 0 Å². The number of Topliss-reactive ketones (excluding diaryl/α,β-unsaturated/α-hetero) is 1. The highest BCUT2D eigenvalue weighted by Crippen LogP contribution is 2.68. The molecule has 302 valence electrons. The third kappa shape index (κ3) is 7.75. The van der Waals surface area contributed by atoms with Gasteiger partial charge in [-0.2, -0.15) is 0 Å². The summed E-state index contributed by atoms with van der Waals surface area (Å²) in [5.41, 5.74) is -2.91. The molecule has 0 bridgehead atoms. The molecule has 5 rings (SSSR count). The molecule has 14 atom stereocenters. The number of rotatable bonds is 10. The minimum Gasteiger partial charge on any atom is -0.467 e. The molecule has 1 N–H and O–H groups in total. The van der Waals surface area contributed by atoms with Crippen molar-refractivity contribution in [2.75, 3.05) is 13.7 Å². The highest BCUT2D eigenvalue weighted by atomic mass is 16.7. The van der Waals surface area contributed by atoms with Gasteiger partial charge < -0.3 is 43.0 Å². The maximum atomic E-state index is 14.4. The molecule has 1 aliphatic heterocycles. The van der Waals surface area contributed by atoms with E-state index in [1.54, 1.807) is 0 Å². The zero-order chi connectivity index (χ0) is 39.9. The van der Waals surface area contributed by atoms with Crippen LogP contribution >= 0.6 is 0 Å². The highest BCUT2D eigenvalue weighted by molar-refractivity contribution is 5.84. The maximum Gasteiger partial charge on any atom is 0.339 e. The predicted octanol–water partition coefficient (Wildman–Crippen LogP) is 2.51. The molecule has 0 unspecified atom stereocenters. The molecule has 5 fully saturated rings. The zero-order valence-electron chi connectivity index (χ0n) is 32.3. The van der Waals surface area contributed by atoms with Crippen molar-refractivity contribution in [1.82, 2.24) is 0 Å². The van der Waals surface area contributed by atoms with Crippen molar-refractivity contribution in [2.45, 2.75) is 148 Å². The summed E-state index contributed by atoms with van der Waals surface area (Å²) in [5.74, 6) is -4.76. The molecule has 54 heavy (non-hydrogen) atoms. The fourth-order valence-electron chi connectivity index (χ4n) is 10.8. The highest BCUT2D eigenvalue weighted by Gasteiger charge is 2.70. The molecule has 0 radical (unpaired) electrons. The topological polar surface area (TPSA) is 214 Å². The van der Waals surface area contributed by atoms with Crippen LogP contribution in [0.25, 0.3) is 0 Å². The monoisotopic (exact) mass is 766 g/mol. The predicted molar refractivity (Wildman–Crippen MR) is 181 cm³/mol. The Balaban J connectivity index is 1.37. The first-order valence-electron chi connectivity index (χ1n) is 18.7. The van der Waals surface area contributed by atoms with E-state index in [9.17, 15) is 38.7 Å². The zero-order valence-corrected chi connectivity index (χ0v) is 32.3. The SMILES string of the molecule is COC(=O)[C@@H]1O[C@@H](O[C@@H]2CC[C@]3(C)[C@H](CC[C@H]4[C@H]5CC[C@](O)([C@H](COC(C)=O)OC(C)=O)[C@]5(C)CC(=O)[C@@H]43)C2)[C@H](OC(C)=O)[C@@H](OC(C)=O)[C@@H]1OC(C)=O. The number of fused-ring (bicyclic) bond motifs is 5. The van der Waals surface area contributed by atoms with Crippen LogP contribution in [-0.4, -0.2) is 109 Å². The summed E-state index contributed by atoms with van der Waals surface area (Å²) in [4.78, 5) is 87.7.